The molecule has 2 atom stereocenters. The minimum absolute atomic E-state index is 0.00911. The Balaban J connectivity index is 1.68. The monoisotopic (exact) mass is 255 g/mol. The van der Waals surface area contributed by atoms with Gasteiger partial charge in [0.2, 0.25) is 11.7 Å². The van der Waals surface area contributed by atoms with Gasteiger partial charge in [0.15, 0.2) is 0 Å². The number of hydrogen-bond acceptors (Lipinski definition) is 6. The predicted octanol–water partition coefficient (Wildman–Crippen LogP) is 1.69. The molecule has 3 rings (SSSR count). The topological polar surface area (TPSA) is 60.2 Å². The second-order valence-electron chi connectivity index (χ2n) is 4.43. The van der Waals surface area contributed by atoms with Crippen LogP contribution in [0.5, 0.6) is 0 Å². The fourth-order valence-electron chi connectivity index (χ4n) is 2.22. The van der Waals surface area contributed by atoms with Crippen LogP contribution < -0.4 is 5.32 Å². The van der Waals surface area contributed by atoms with Crippen LogP contribution in [0.4, 0.5) is 0 Å². The van der Waals surface area contributed by atoms with Gasteiger partial charge in [-0.05, 0) is 19.4 Å². The van der Waals surface area contributed by atoms with Gasteiger partial charge in [0, 0.05) is 11.5 Å². The zero-order valence-electron chi connectivity index (χ0n) is 9.72. The molecule has 1 N–H and O–H groups in total. The lowest BCUT2D eigenvalue weighted by molar-refractivity contribution is 0.0677. The molecule has 3 heterocycles. The third-order valence-corrected chi connectivity index (χ3v) is 4.16. The molecule has 6 heteroatoms. The smallest absolute Gasteiger partial charge is 0.243 e. The summed E-state index contributed by atoms with van der Waals surface area (Å²) in [4.78, 5) is 4.48. The third-order valence-electron chi connectivity index (χ3n) is 3.17. The Morgan fingerprint density at radius 1 is 1.35 bits per heavy atom. The van der Waals surface area contributed by atoms with Crippen molar-refractivity contribution < 1.29 is 9.26 Å². The van der Waals surface area contributed by atoms with Gasteiger partial charge in [-0.1, -0.05) is 11.6 Å². The third kappa shape index (κ3) is 2.64. The molecule has 94 valence electrons. The minimum Gasteiger partial charge on any atom is -0.368 e. The molecule has 1 aromatic rings. The fraction of sp³-hybridized carbons (Fsp3) is 0.818. The summed E-state index contributed by atoms with van der Waals surface area (Å²) in [6.07, 6.45) is 3.56. The number of ether oxygens (including phenoxy) is 1. The molecule has 0 aliphatic carbocycles. The van der Waals surface area contributed by atoms with Gasteiger partial charge in [0.05, 0.1) is 12.6 Å². The van der Waals surface area contributed by atoms with Crippen LogP contribution in [0.3, 0.4) is 0 Å². The summed E-state index contributed by atoms with van der Waals surface area (Å²) in [5.41, 5.74) is 0. The Labute approximate surface area is 105 Å². The van der Waals surface area contributed by atoms with Crippen LogP contribution in [0.25, 0.3) is 0 Å². The summed E-state index contributed by atoms with van der Waals surface area (Å²) in [6.45, 7) is 1.82. The summed E-state index contributed by atoms with van der Waals surface area (Å²) >= 11 is 1.88. The van der Waals surface area contributed by atoms with Crippen LogP contribution in [0, 0.1) is 0 Å². The predicted molar refractivity (Wildman–Crippen MR) is 64.9 cm³/mol. The second kappa shape index (κ2) is 5.37. The van der Waals surface area contributed by atoms with E-state index in [1.54, 1.807) is 0 Å². The summed E-state index contributed by atoms with van der Waals surface area (Å²) in [5.74, 6) is 3.42. The van der Waals surface area contributed by atoms with Gasteiger partial charge < -0.3 is 14.6 Å². The molecular formula is C11H17N3O2S. The molecule has 2 aliphatic rings. The molecule has 2 fully saturated rings. The highest BCUT2D eigenvalue weighted by atomic mass is 32.2. The number of hydrogen-bond donors (Lipinski definition) is 1. The molecule has 0 aromatic carbocycles. The first-order valence-electron chi connectivity index (χ1n) is 6.20. The van der Waals surface area contributed by atoms with E-state index in [2.05, 4.69) is 15.5 Å². The molecule has 0 radical (unpaired) electrons. The number of thioether (sulfide) groups is 1. The van der Waals surface area contributed by atoms with Gasteiger partial charge in [0.25, 0.3) is 0 Å². The Morgan fingerprint density at radius 2 is 2.35 bits per heavy atom. The van der Waals surface area contributed by atoms with Gasteiger partial charge in [-0.15, -0.1) is 0 Å². The highest BCUT2D eigenvalue weighted by molar-refractivity contribution is 7.99. The maximum Gasteiger partial charge on any atom is 0.243 e. The van der Waals surface area contributed by atoms with Crippen molar-refractivity contribution in [1.82, 2.24) is 15.5 Å². The Hall–Kier alpha value is -0.590. The molecule has 0 bridgehead atoms. The molecule has 0 saturated carbocycles. The SMILES string of the molecule is C1CC[C@H](c2nc(C3CSCCO3)no2)NC1. The summed E-state index contributed by atoms with van der Waals surface area (Å²) < 4.78 is 11.0. The van der Waals surface area contributed by atoms with E-state index in [9.17, 15) is 0 Å². The number of nitrogens with zero attached hydrogens (tertiary/aromatic N) is 2. The lowest BCUT2D eigenvalue weighted by Gasteiger charge is -2.20. The van der Waals surface area contributed by atoms with E-state index in [-0.39, 0.29) is 12.1 Å². The van der Waals surface area contributed by atoms with Crippen molar-refractivity contribution in [3.05, 3.63) is 11.7 Å². The van der Waals surface area contributed by atoms with Crippen LogP contribution in [0.2, 0.25) is 0 Å². The van der Waals surface area contributed by atoms with Gasteiger partial charge in [-0.2, -0.15) is 16.7 Å². The number of piperidine rings is 1. The van der Waals surface area contributed by atoms with E-state index in [4.69, 9.17) is 9.26 Å². The van der Waals surface area contributed by atoms with Gasteiger partial charge in [-0.25, -0.2) is 0 Å². The van der Waals surface area contributed by atoms with Crippen LogP contribution in [-0.4, -0.2) is 34.8 Å². The summed E-state index contributed by atoms with van der Waals surface area (Å²) in [7, 11) is 0. The number of rotatable bonds is 2. The van der Waals surface area contributed by atoms with Crippen LogP contribution in [0.15, 0.2) is 4.52 Å². The van der Waals surface area contributed by atoms with E-state index < -0.39 is 0 Å². The lowest BCUT2D eigenvalue weighted by Crippen LogP contribution is -2.27. The largest absolute Gasteiger partial charge is 0.368 e. The zero-order valence-corrected chi connectivity index (χ0v) is 10.5. The first kappa shape index (κ1) is 11.5. The Morgan fingerprint density at radius 3 is 3.12 bits per heavy atom. The highest BCUT2D eigenvalue weighted by Crippen LogP contribution is 2.27. The maximum absolute atomic E-state index is 5.64. The molecular weight excluding hydrogens is 238 g/mol. The number of nitrogens with one attached hydrogen (secondary N) is 1. The second-order valence-corrected chi connectivity index (χ2v) is 5.58. The molecule has 2 aliphatic heterocycles. The Kier molecular flexibility index (Phi) is 3.63. The van der Waals surface area contributed by atoms with E-state index in [0.29, 0.717) is 5.82 Å². The van der Waals surface area contributed by atoms with Crippen LogP contribution in [0.1, 0.15) is 43.1 Å². The van der Waals surface area contributed by atoms with Gasteiger partial charge in [-0.3, -0.25) is 0 Å². The first-order chi connectivity index (χ1) is 8.43. The maximum atomic E-state index is 5.64. The quantitative estimate of drug-likeness (QED) is 0.867. The minimum atomic E-state index is 0.00911. The van der Waals surface area contributed by atoms with Crippen molar-refractivity contribution in [2.24, 2.45) is 0 Å². The molecule has 2 saturated heterocycles. The number of aromatic nitrogens is 2. The van der Waals surface area contributed by atoms with E-state index >= 15 is 0 Å². The normalized spacial score (nSPS) is 30.4. The van der Waals surface area contributed by atoms with Crippen molar-refractivity contribution >= 4 is 11.8 Å². The van der Waals surface area contributed by atoms with Gasteiger partial charge in [0.1, 0.15) is 6.10 Å². The summed E-state index contributed by atoms with van der Waals surface area (Å²) in [5, 5.41) is 7.46. The molecule has 0 amide bonds. The molecule has 1 aromatic heterocycles. The van der Waals surface area contributed by atoms with E-state index in [0.717, 1.165) is 37.0 Å². The molecule has 5 nitrogen and oxygen atoms in total. The average molecular weight is 255 g/mol. The first-order valence-corrected chi connectivity index (χ1v) is 7.35. The van der Waals surface area contributed by atoms with E-state index in [1.165, 1.54) is 12.8 Å². The average Bonchev–Trinajstić information content (AvgIpc) is 2.90. The van der Waals surface area contributed by atoms with Crippen LogP contribution in [-0.2, 0) is 4.74 Å². The van der Waals surface area contributed by atoms with Gasteiger partial charge >= 0.3 is 0 Å². The van der Waals surface area contributed by atoms with Crippen molar-refractivity contribution in [2.75, 3.05) is 24.7 Å². The lowest BCUT2D eigenvalue weighted by atomic mass is 10.1. The van der Waals surface area contributed by atoms with Crippen LogP contribution >= 0.6 is 11.8 Å². The highest BCUT2D eigenvalue weighted by Gasteiger charge is 2.25. The van der Waals surface area contributed by atoms with Crippen molar-refractivity contribution in [1.29, 1.82) is 0 Å². The fourth-order valence-corrected chi connectivity index (χ4v) is 3.06. The van der Waals surface area contributed by atoms with Crippen molar-refractivity contribution in [3.8, 4) is 0 Å². The standard InChI is InChI=1S/C11H17N3O2S/c1-2-4-12-8(3-1)11-13-10(14-16-11)9-7-17-6-5-15-9/h8-9,12H,1-7H2/t8-,9?/m1/s1. The van der Waals surface area contributed by atoms with E-state index in [1.807, 2.05) is 11.8 Å². The molecule has 17 heavy (non-hydrogen) atoms. The molecule has 0 spiro atoms. The van der Waals surface area contributed by atoms with Crippen molar-refractivity contribution in [2.45, 2.75) is 31.4 Å². The van der Waals surface area contributed by atoms with Crippen molar-refractivity contribution in [3.63, 3.8) is 0 Å². The molecule has 1 unspecified atom stereocenters. The zero-order chi connectivity index (χ0) is 11.5. The Bertz CT molecular complexity index is 327. The summed E-state index contributed by atoms with van der Waals surface area (Å²) in [6, 6.07) is 0.237.